The number of anilines is 1. The molecule has 44 heavy (non-hydrogen) atoms. The number of nitrogens with zero attached hydrogens (tertiary/aromatic N) is 2. The highest BCUT2D eigenvalue weighted by molar-refractivity contribution is 7.89. The molecule has 6 rings (SSSR count). The van der Waals surface area contributed by atoms with Gasteiger partial charge in [-0.05, 0) is 78.8 Å². The van der Waals surface area contributed by atoms with E-state index in [-0.39, 0.29) is 28.4 Å². The van der Waals surface area contributed by atoms with Gasteiger partial charge in [0.15, 0.2) is 0 Å². The van der Waals surface area contributed by atoms with E-state index in [0.29, 0.717) is 35.6 Å². The highest BCUT2D eigenvalue weighted by Crippen LogP contribution is 2.53. The summed E-state index contributed by atoms with van der Waals surface area (Å²) in [6.07, 6.45) is 3.42. The minimum atomic E-state index is -3.70. The fourth-order valence-electron chi connectivity index (χ4n) is 7.72. The van der Waals surface area contributed by atoms with E-state index < -0.39 is 21.9 Å². The zero-order chi connectivity index (χ0) is 31.3. The molecule has 234 valence electrons. The van der Waals surface area contributed by atoms with Crippen molar-refractivity contribution in [1.29, 1.82) is 0 Å². The minimum Gasteiger partial charge on any atom is -0.462 e. The number of rotatable bonds is 8. The minimum absolute atomic E-state index is 0.00787. The van der Waals surface area contributed by atoms with Crippen LogP contribution in [0.1, 0.15) is 83.7 Å². The molecule has 2 unspecified atom stereocenters. The Kier molecular flexibility index (Phi) is 8.24. The van der Waals surface area contributed by atoms with Crippen molar-refractivity contribution in [2.75, 3.05) is 25.0 Å². The number of fused-ring (bicyclic) bond motifs is 3. The second kappa shape index (κ2) is 11.7. The van der Waals surface area contributed by atoms with Crippen molar-refractivity contribution in [3.63, 3.8) is 0 Å². The van der Waals surface area contributed by atoms with Gasteiger partial charge in [0.25, 0.3) is 5.91 Å². The lowest BCUT2D eigenvalue weighted by Crippen LogP contribution is -2.37. The van der Waals surface area contributed by atoms with E-state index in [1.54, 1.807) is 23.4 Å². The quantitative estimate of drug-likeness (QED) is 0.291. The number of hydrogen-bond acceptors (Lipinski definition) is 7. The van der Waals surface area contributed by atoms with Crippen LogP contribution in [0.15, 0.2) is 59.5 Å². The Hall–Kier alpha value is -3.05. The van der Waals surface area contributed by atoms with Crippen LogP contribution in [-0.4, -0.2) is 55.2 Å². The molecule has 8 nitrogen and oxygen atoms in total. The predicted octanol–water partition coefficient (Wildman–Crippen LogP) is 6.32. The number of carbonyl (C=O) groups excluding carboxylic acids is 2. The number of hydrogen-bond donors (Lipinski definition) is 1. The predicted molar refractivity (Wildman–Crippen MR) is 172 cm³/mol. The van der Waals surface area contributed by atoms with Gasteiger partial charge in [-0.2, -0.15) is 4.31 Å². The van der Waals surface area contributed by atoms with Crippen molar-refractivity contribution in [3.05, 3.63) is 81.7 Å². The normalized spacial score (nSPS) is 23.2. The van der Waals surface area contributed by atoms with Gasteiger partial charge in [-0.25, -0.2) is 13.2 Å². The molecule has 1 aromatic heterocycles. The fourth-order valence-corrected chi connectivity index (χ4v) is 10.8. The van der Waals surface area contributed by atoms with Crippen molar-refractivity contribution >= 4 is 38.2 Å². The number of amides is 1. The van der Waals surface area contributed by atoms with E-state index in [1.807, 2.05) is 18.2 Å². The van der Waals surface area contributed by atoms with Gasteiger partial charge in [-0.1, -0.05) is 51.1 Å². The molecule has 0 radical (unpaired) electrons. The van der Waals surface area contributed by atoms with Crippen LogP contribution < -0.4 is 5.32 Å². The van der Waals surface area contributed by atoms with Crippen molar-refractivity contribution < 1.29 is 22.7 Å². The highest BCUT2D eigenvalue weighted by atomic mass is 32.2. The number of carbonyl (C=O) groups is 2. The SMILES string of the molecule is CCOC(=O)c1c(NC(=O)c2ccc(S(=O)(=O)N3CC4(C)CC3CC(C)(C)C4)cc2)sc2c1CCN(Cc1ccccc1)C2. The third kappa shape index (κ3) is 6.09. The zero-order valence-corrected chi connectivity index (χ0v) is 27.5. The van der Waals surface area contributed by atoms with Gasteiger partial charge in [0, 0.05) is 42.7 Å². The van der Waals surface area contributed by atoms with E-state index in [9.17, 15) is 18.0 Å². The number of ether oxygens (including phenoxy) is 1. The van der Waals surface area contributed by atoms with Crippen LogP contribution in [0.5, 0.6) is 0 Å². The summed E-state index contributed by atoms with van der Waals surface area (Å²) < 4.78 is 34.5. The summed E-state index contributed by atoms with van der Waals surface area (Å²) >= 11 is 1.41. The molecule has 2 atom stereocenters. The lowest BCUT2D eigenvalue weighted by molar-refractivity contribution is 0.0526. The topological polar surface area (TPSA) is 96.0 Å². The first-order valence-electron chi connectivity index (χ1n) is 15.4. The van der Waals surface area contributed by atoms with Crippen molar-refractivity contribution in [3.8, 4) is 0 Å². The van der Waals surface area contributed by atoms with E-state index >= 15 is 0 Å². The summed E-state index contributed by atoms with van der Waals surface area (Å²) in [7, 11) is -3.70. The summed E-state index contributed by atoms with van der Waals surface area (Å²) in [5.74, 6) is -0.837. The molecule has 3 aromatic rings. The molecule has 2 aromatic carbocycles. The van der Waals surface area contributed by atoms with Gasteiger partial charge in [-0.3, -0.25) is 9.69 Å². The van der Waals surface area contributed by atoms with E-state index in [4.69, 9.17) is 4.74 Å². The van der Waals surface area contributed by atoms with E-state index in [1.165, 1.54) is 29.0 Å². The molecule has 3 aliphatic rings. The number of benzene rings is 2. The van der Waals surface area contributed by atoms with Crippen molar-refractivity contribution in [2.45, 2.75) is 77.4 Å². The van der Waals surface area contributed by atoms with Crippen molar-refractivity contribution in [2.24, 2.45) is 10.8 Å². The first kappa shape index (κ1) is 31.0. The molecule has 2 aliphatic heterocycles. The Morgan fingerprint density at radius 2 is 1.77 bits per heavy atom. The molecular weight excluding hydrogens is 595 g/mol. The largest absolute Gasteiger partial charge is 0.462 e. The van der Waals surface area contributed by atoms with Crippen LogP contribution in [-0.2, 0) is 34.3 Å². The van der Waals surface area contributed by atoms with Crippen LogP contribution in [0.2, 0.25) is 0 Å². The zero-order valence-electron chi connectivity index (χ0n) is 25.9. The molecular formula is C34H41N3O5S2. The Labute approximate surface area is 264 Å². The first-order valence-corrected chi connectivity index (χ1v) is 17.6. The number of esters is 1. The Morgan fingerprint density at radius 1 is 1.05 bits per heavy atom. The van der Waals surface area contributed by atoms with E-state index in [0.717, 1.165) is 42.8 Å². The second-order valence-corrected chi connectivity index (χ2v) is 16.6. The average Bonchev–Trinajstić information content (AvgIpc) is 3.45. The maximum absolute atomic E-state index is 13.7. The molecule has 1 N–H and O–H groups in total. The summed E-state index contributed by atoms with van der Waals surface area (Å²) in [5.41, 5.74) is 2.99. The Morgan fingerprint density at radius 3 is 2.48 bits per heavy atom. The second-order valence-electron chi connectivity index (χ2n) is 13.6. The third-order valence-corrected chi connectivity index (χ3v) is 12.2. The van der Waals surface area contributed by atoms with Gasteiger partial charge in [0.2, 0.25) is 10.0 Å². The molecule has 3 heterocycles. The van der Waals surface area contributed by atoms with Crippen molar-refractivity contribution in [1.82, 2.24) is 9.21 Å². The Bertz CT molecular complexity index is 1670. The highest BCUT2D eigenvalue weighted by Gasteiger charge is 2.53. The maximum Gasteiger partial charge on any atom is 0.341 e. The molecule has 2 bridgehead atoms. The standard InChI is InChI=1S/C34H41N3O5S2/c1-5-42-32(39)29-27-15-16-36(19-23-9-7-6-8-10-23)20-28(27)43-31(29)35-30(38)24-11-13-26(14-12-24)44(40,41)37-22-34(4)18-25(37)17-33(2,3)21-34/h6-14,25H,5,15-22H2,1-4H3,(H,35,38). The van der Waals surface area contributed by atoms with Gasteiger partial charge < -0.3 is 10.1 Å². The average molecular weight is 636 g/mol. The molecule has 1 saturated carbocycles. The fraction of sp³-hybridized carbons (Fsp3) is 0.471. The molecule has 1 saturated heterocycles. The third-order valence-electron chi connectivity index (χ3n) is 9.18. The molecule has 2 fully saturated rings. The summed E-state index contributed by atoms with van der Waals surface area (Å²) in [5, 5.41) is 3.42. The lowest BCUT2D eigenvalue weighted by Gasteiger charge is -2.39. The summed E-state index contributed by atoms with van der Waals surface area (Å²) in [4.78, 5) is 30.1. The monoisotopic (exact) mass is 635 g/mol. The first-order chi connectivity index (χ1) is 20.9. The van der Waals surface area contributed by atoms with Crippen LogP contribution in [0.25, 0.3) is 0 Å². The number of sulfonamides is 1. The molecule has 0 spiro atoms. The summed E-state index contributed by atoms with van der Waals surface area (Å²) in [6.45, 7) is 11.4. The van der Waals surface area contributed by atoms with E-state index in [2.05, 4.69) is 43.1 Å². The van der Waals surface area contributed by atoms with Gasteiger partial charge in [0.1, 0.15) is 5.00 Å². The van der Waals surface area contributed by atoms with Crippen LogP contribution in [0.3, 0.4) is 0 Å². The van der Waals surface area contributed by atoms with Crippen LogP contribution in [0, 0.1) is 10.8 Å². The summed E-state index contributed by atoms with van der Waals surface area (Å²) in [6, 6.07) is 16.4. The molecule has 1 aliphatic carbocycles. The molecule has 1 amide bonds. The maximum atomic E-state index is 13.7. The van der Waals surface area contributed by atoms with Gasteiger partial charge >= 0.3 is 5.97 Å². The number of thiophene rings is 1. The van der Waals surface area contributed by atoms with Crippen LogP contribution >= 0.6 is 11.3 Å². The molecule has 10 heteroatoms. The van der Waals surface area contributed by atoms with Gasteiger partial charge in [-0.15, -0.1) is 11.3 Å². The smallest absolute Gasteiger partial charge is 0.341 e. The number of nitrogens with one attached hydrogen (secondary N) is 1. The van der Waals surface area contributed by atoms with Gasteiger partial charge in [0.05, 0.1) is 17.1 Å². The van der Waals surface area contributed by atoms with Crippen LogP contribution in [0.4, 0.5) is 5.00 Å². The lowest BCUT2D eigenvalue weighted by atomic mass is 9.65. The Balaban J connectivity index is 1.20.